The fourth-order valence-corrected chi connectivity index (χ4v) is 3.28. The van der Waals surface area contributed by atoms with Gasteiger partial charge in [-0.25, -0.2) is 0 Å². The van der Waals surface area contributed by atoms with Crippen molar-refractivity contribution in [1.29, 1.82) is 5.26 Å². The summed E-state index contributed by atoms with van der Waals surface area (Å²) < 4.78 is 0. The molecule has 1 aliphatic rings. The predicted octanol–water partition coefficient (Wildman–Crippen LogP) is 4.57. The first-order valence-corrected chi connectivity index (χ1v) is 7.97. The summed E-state index contributed by atoms with van der Waals surface area (Å²) in [6, 6.07) is 11.0. The molecule has 2 rings (SSSR count). The molecule has 0 radical (unpaired) electrons. The molecule has 2 nitrogen and oxygen atoms in total. The van der Waals surface area contributed by atoms with Gasteiger partial charge in [-0.1, -0.05) is 37.8 Å². The zero-order valence-electron chi connectivity index (χ0n) is 12.7. The average molecular weight is 270 g/mol. The highest BCUT2D eigenvalue weighted by molar-refractivity contribution is 5.32. The Hall–Kier alpha value is -1.33. The van der Waals surface area contributed by atoms with E-state index in [2.05, 4.69) is 37.4 Å². The molecule has 1 aliphatic carbocycles. The molecule has 1 aromatic carbocycles. The summed E-state index contributed by atoms with van der Waals surface area (Å²) in [7, 11) is 0. The van der Waals surface area contributed by atoms with Crippen molar-refractivity contribution < 1.29 is 0 Å². The number of hydrogen-bond donors (Lipinski definition) is 1. The van der Waals surface area contributed by atoms with Crippen LogP contribution in [-0.4, -0.2) is 6.04 Å². The molecule has 0 spiro atoms. The standard InChI is InChI=1S/C18H26N2/c1-14(17-7-5-3-4-6-8-17)20-15(2)18-11-9-16(13-19)10-12-18/h9-12,14-15,17,20H,3-8H2,1-2H3/t14-,15?/m1/s1. The molecule has 1 fully saturated rings. The summed E-state index contributed by atoms with van der Waals surface area (Å²) in [5.41, 5.74) is 2.00. The van der Waals surface area contributed by atoms with E-state index in [1.165, 1.54) is 44.1 Å². The zero-order chi connectivity index (χ0) is 14.4. The lowest BCUT2D eigenvalue weighted by Crippen LogP contribution is -2.35. The highest BCUT2D eigenvalue weighted by Gasteiger charge is 2.20. The smallest absolute Gasteiger partial charge is 0.0991 e. The van der Waals surface area contributed by atoms with Crippen LogP contribution in [0, 0.1) is 17.2 Å². The van der Waals surface area contributed by atoms with Crippen LogP contribution in [0.15, 0.2) is 24.3 Å². The third-order valence-corrected chi connectivity index (χ3v) is 4.66. The number of rotatable bonds is 4. The molecule has 0 heterocycles. The van der Waals surface area contributed by atoms with Gasteiger partial charge < -0.3 is 5.32 Å². The Labute approximate surface area is 123 Å². The van der Waals surface area contributed by atoms with Crippen LogP contribution in [0.3, 0.4) is 0 Å². The predicted molar refractivity (Wildman–Crippen MR) is 83.4 cm³/mol. The maximum absolute atomic E-state index is 8.84. The normalized spacial score (nSPS) is 19.9. The Morgan fingerprint density at radius 1 is 1.05 bits per heavy atom. The maximum atomic E-state index is 8.84. The van der Waals surface area contributed by atoms with Crippen LogP contribution in [0.2, 0.25) is 0 Å². The van der Waals surface area contributed by atoms with Crippen LogP contribution in [-0.2, 0) is 0 Å². The number of nitriles is 1. The number of nitrogens with one attached hydrogen (secondary N) is 1. The Morgan fingerprint density at radius 3 is 2.20 bits per heavy atom. The van der Waals surface area contributed by atoms with Gasteiger partial charge in [0, 0.05) is 12.1 Å². The molecule has 1 saturated carbocycles. The lowest BCUT2D eigenvalue weighted by molar-refractivity contribution is 0.316. The average Bonchev–Trinajstić information content (AvgIpc) is 2.76. The van der Waals surface area contributed by atoms with Gasteiger partial charge in [0.1, 0.15) is 0 Å². The summed E-state index contributed by atoms with van der Waals surface area (Å²) in [6.07, 6.45) is 8.34. The molecule has 0 saturated heterocycles. The molecule has 108 valence electrons. The molecule has 1 aromatic rings. The largest absolute Gasteiger partial charge is 0.307 e. The second-order valence-electron chi connectivity index (χ2n) is 6.16. The van der Waals surface area contributed by atoms with Crippen molar-refractivity contribution in [2.24, 2.45) is 5.92 Å². The van der Waals surface area contributed by atoms with Gasteiger partial charge >= 0.3 is 0 Å². The molecular formula is C18H26N2. The molecule has 2 atom stereocenters. The monoisotopic (exact) mass is 270 g/mol. The molecular weight excluding hydrogens is 244 g/mol. The van der Waals surface area contributed by atoms with E-state index in [1.807, 2.05) is 12.1 Å². The minimum absolute atomic E-state index is 0.348. The summed E-state index contributed by atoms with van der Waals surface area (Å²) in [5, 5.41) is 12.6. The van der Waals surface area contributed by atoms with Gasteiger partial charge in [-0.2, -0.15) is 5.26 Å². The van der Waals surface area contributed by atoms with Crippen LogP contribution in [0.1, 0.15) is 69.5 Å². The molecule has 0 aromatic heterocycles. The van der Waals surface area contributed by atoms with Crippen LogP contribution in [0.5, 0.6) is 0 Å². The Kier molecular flexibility index (Phi) is 5.61. The molecule has 2 heteroatoms. The number of nitrogens with zero attached hydrogens (tertiary/aromatic N) is 1. The van der Waals surface area contributed by atoms with E-state index < -0.39 is 0 Å². The molecule has 20 heavy (non-hydrogen) atoms. The van der Waals surface area contributed by atoms with Gasteiger partial charge in [-0.15, -0.1) is 0 Å². The first kappa shape index (κ1) is 15.1. The van der Waals surface area contributed by atoms with Crippen molar-refractivity contribution in [2.75, 3.05) is 0 Å². The summed E-state index contributed by atoms with van der Waals surface area (Å²) in [4.78, 5) is 0. The van der Waals surface area contributed by atoms with Gasteiger partial charge in [-0.3, -0.25) is 0 Å². The van der Waals surface area contributed by atoms with Crippen molar-refractivity contribution in [3.8, 4) is 6.07 Å². The second-order valence-corrected chi connectivity index (χ2v) is 6.16. The lowest BCUT2D eigenvalue weighted by atomic mass is 9.92. The van der Waals surface area contributed by atoms with Gasteiger partial charge in [-0.05, 0) is 50.3 Å². The van der Waals surface area contributed by atoms with E-state index in [1.54, 1.807) is 0 Å². The quantitative estimate of drug-likeness (QED) is 0.814. The Morgan fingerprint density at radius 2 is 1.65 bits per heavy atom. The van der Waals surface area contributed by atoms with E-state index in [0.717, 1.165) is 11.5 Å². The lowest BCUT2D eigenvalue weighted by Gasteiger charge is -2.27. The molecule has 0 bridgehead atoms. The fraction of sp³-hybridized carbons (Fsp3) is 0.611. The SMILES string of the molecule is CC(N[C@H](C)C1CCCCCC1)c1ccc(C#N)cc1. The third kappa shape index (κ3) is 4.08. The molecule has 1 N–H and O–H groups in total. The van der Waals surface area contributed by atoms with Gasteiger partial charge in [0.15, 0.2) is 0 Å². The summed E-state index contributed by atoms with van der Waals surface area (Å²) >= 11 is 0. The number of hydrogen-bond acceptors (Lipinski definition) is 2. The third-order valence-electron chi connectivity index (χ3n) is 4.66. The first-order valence-electron chi connectivity index (χ1n) is 7.97. The van der Waals surface area contributed by atoms with Crippen LogP contribution in [0.25, 0.3) is 0 Å². The van der Waals surface area contributed by atoms with Crippen molar-refractivity contribution in [2.45, 2.75) is 64.5 Å². The van der Waals surface area contributed by atoms with E-state index in [4.69, 9.17) is 5.26 Å². The minimum Gasteiger partial charge on any atom is -0.307 e. The van der Waals surface area contributed by atoms with Crippen molar-refractivity contribution in [1.82, 2.24) is 5.32 Å². The van der Waals surface area contributed by atoms with Crippen molar-refractivity contribution >= 4 is 0 Å². The molecule has 1 unspecified atom stereocenters. The zero-order valence-corrected chi connectivity index (χ0v) is 12.7. The fourth-order valence-electron chi connectivity index (χ4n) is 3.28. The van der Waals surface area contributed by atoms with Gasteiger partial charge in [0.2, 0.25) is 0 Å². The van der Waals surface area contributed by atoms with Crippen molar-refractivity contribution in [3.05, 3.63) is 35.4 Å². The minimum atomic E-state index is 0.348. The Bertz CT molecular complexity index is 435. The maximum Gasteiger partial charge on any atom is 0.0991 e. The van der Waals surface area contributed by atoms with E-state index in [9.17, 15) is 0 Å². The summed E-state index contributed by atoms with van der Waals surface area (Å²) in [5.74, 6) is 0.818. The van der Waals surface area contributed by atoms with E-state index in [-0.39, 0.29) is 0 Å². The second kappa shape index (κ2) is 7.45. The van der Waals surface area contributed by atoms with Gasteiger partial charge in [0.25, 0.3) is 0 Å². The van der Waals surface area contributed by atoms with E-state index in [0.29, 0.717) is 12.1 Å². The van der Waals surface area contributed by atoms with Crippen LogP contribution < -0.4 is 5.32 Å². The van der Waals surface area contributed by atoms with Crippen molar-refractivity contribution in [3.63, 3.8) is 0 Å². The molecule has 0 amide bonds. The Balaban J connectivity index is 1.92. The highest BCUT2D eigenvalue weighted by Crippen LogP contribution is 2.27. The molecule has 0 aliphatic heterocycles. The van der Waals surface area contributed by atoms with Gasteiger partial charge in [0.05, 0.1) is 11.6 Å². The first-order chi connectivity index (χ1) is 9.70. The number of benzene rings is 1. The van der Waals surface area contributed by atoms with Crippen LogP contribution in [0.4, 0.5) is 0 Å². The topological polar surface area (TPSA) is 35.8 Å². The van der Waals surface area contributed by atoms with E-state index >= 15 is 0 Å². The van der Waals surface area contributed by atoms with Crippen LogP contribution >= 0.6 is 0 Å². The highest BCUT2D eigenvalue weighted by atomic mass is 14.9. The summed E-state index contributed by atoms with van der Waals surface area (Å²) in [6.45, 7) is 4.55.